The van der Waals surface area contributed by atoms with Crippen molar-refractivity contribution in [1.29, 1.82) is 0 Å². The highest BCUT2D eigenvalue weighted by atomic mass is 16.6. The van der Waals surface area contributed by atoms with Crippen LogP contribution in [-0.2, 0) is 13.1 Å². The quantitative estimate of drug-likeness (QED) is 0.599. The zero-order valence-electron chi connectivity index (χ0n) is 16.9. The maximum absolute atomic E-state index is 12.9. The van der Waals surface area contributed by atoms with E-state index in [4.69, 9.17) is 9.47 Å². The van der Waals surface area contributed by atoms with Gasteiger partial charge in [-0.3, -0.25) is 4.90 Å². The van der Waals surface area contributed by atoms with Gasteiger partial charge in [0.15, 0.2) is 0 Å². The summed E-state index contributed by atoms with van der Waals surface area (Å²) in [5.41, 5.74) is 3.06. The largest absolute Gasteiger partial charge is 0.497 e. The molecule has 0 aliphatic carbocycles. The summed E-state index contributed by atoms with van der Waals surface area (Å²) in [6.07, 6.45) is 1.14. The standard InChI is InChI=1S/C23H25N3O3/c1-25(2)20-12-10-18(11-13-20)16-26(17-19-7-6-8-21(15-19)28-3)23(27)29-22-9-4-5-14-24-22/h4-15H,16-17H2,1-3H3. The number of hydrogen-bond acceptors (Lipinski definition) is 5. The summed E-state index contributed by atoms with van der Waals surface area (Å²) in [5, 5.41) is 0. The van der Waals surface area contributed by atoms with Gasteiger partial charge in [-0.05, 0) is 41.5 Å². The van der Waals surface area contributed by atoms with Crippen LogP contribution < -0.4 is 14.4 Å². The number of anilines is 1. The lowest BCUT2D eigenvalue weighted by atomic mass is 10.1. The van der Waals surface area contributed by atoms with Gasteiger partial charge in [0.05, 0.1) is 7.11 Å². The number of carbonyl (C=O) groups excluding carboxylic acids is 1. The Morgan fingerprint density at radius 1 is 0.931 bits per heavy atom. The Morgan fingerprint density at radius 2 is 1.69 bits per heavy atom. The Bertz CT molecular complexity index is 928. The van der Waals surface area contributed by atoms with Gasteiger partial charge in [0, 0.05) is 45.1 Å². The van der Waals surface area contributed by atoms with E-state index in [1.165, 1.54) is 0 Å². The van der Waals surface area contributed by atoms with E-state index >= 15 is 0 Å². The average molecular weight is 391 g/mol. The molecule has 0 aliphatic heterocycles. The van der Waals surface area contributed by atoms with Gasteiger partial charge >= 0.3 is 6.09 Å². The number of hydrogen-bond donors (Lipinski definition) is 0. The molecular formula is C23H25N3O3. The first-order valence-electron chi connectivity index (χ1n) is 9.32. The number of methoxy groups -OCH3 is 1. The molecule has 0 saturated heterocycles. The van der Waals surface area contributed by atoms with E-state index < -0.39 is 6.09 Å². The Morgan fingerprint density at radius 3 is 2.34 bits per heavy atom. The fourth-order valence-electron chi connectivity index (χ4n) is 2.86. The van der Waals surface area contributed by atoms with Gasteiger partial charge in [0.25, 0.3) is 0 Å². The van der Waals surface area contributed by atoms with Crippen LogP contribution in [0.4, 0.5) is 10.5 Å². The van der Waals surface area contributed by atoms with E-state index in [9.17, 15) is 4.79 Å². The predicted molar refractivity (Wildman–Crippen MR) is 113 cm³/mol. The molecule has 0 bridgehead atoms. The van der Waals surface area contributed by atoms with Gasteiger partial charge in [0.2, 0.25) is 5.88 Å². The van der Waals surface area contributed by atoms with Crippen LogP contribution in [0, 0.1) is 0 Å². The molecule has 0 radical (unpaired) electrons. The van der Waals surface area contributed by atoms with E-state index in [1.807, 2.05) is 67.5 Å². The van der Waals surface area contributed by atoms with Crippen molar-refractivity contribution in [2.24, 2.45) is 0 Å². The highest BCUT2D eigenvalue weighted by Gasteiger charge is 2.18. The number of rotatable bonds is 7. The fraction of sp³-hybridized carbons (Fsp3) is 0.217. The number of pyridine rings is 1. The van der Waals surface area contributed by atoms with Crippen molar-refractivity contribution in [2.45, 2.75) is 13.1 Å². The van der Waals surface area contributed by atoms with Gasteiger partial charge in [-0.1, -0.05) is 30.3 Å². The molecule has 1 aromatic heterocycles. The first kappa shape index (κ1) is 20.2. The first-order valence-corrected chi connectivity index (χ1v) is 9.32. The minimum Gasteiger partial charge on any atom is -0.497 e. The van der Waals surface area contributed by atoms with Gasteiger partial charge in [-0.2, -0.15) is 0 Å². The summed E-state index contributed by atoms with van der Waals surface area (Å²) in [4.78, 5) is 20.6. The van der Waals surface area contributed by atoms with Crippen molar-refractivity contribution >= 4 is 11.8 Å². The van der Waals surface area contributed by atoms with Crippen LogP contribution in [0.15, 0.2) is 72.9 Å². The molecule has 3 rings (SSSR count). The molecule has 150 valence electrons. The molecule has 0 aliphatic rings. The minimum absolute atomic E-state index is 0.274. The molecule has 6 heteroatoms. The lowest BCUT2D eigenvalue weighted by molar-refractivity contribution is 0.144. The Kier molecular flexibility index (Phi) is 6.68. The Labute approximate surface area is 171 Å². The van der Waals surface area contributed by atoms with Crippen molar-refractivity contribution < 1.29 is 14.3 Å². The first-order chi connectivity index (χ1) is 14.0. The second kappa shape index (κ2) is 9.59. The molecule has 0 saturated carbocycles. The minimum atomic E-state index is -0.455. The van der Waals surface area contributed by atoms with Crippen LogP contribution in [0.2, 0.25) is 0 Å². The van der Waals surface area contributed by atoms with E-state index in [0.717, 1.165) is 22.6 Å². The van der Waals surface area contributed by atoms with E-state index in [2.05, 4.69) is 4.98 Å². The third kappa shape index (κ3) is 5.72. The van der Waals surface area contributed by atoms with Crippen molar-refractivity contribution in [3.8, 4) is 11.6 Å². The molecule has 0 unspecified atom stereocenters. The zero-order chi connectivity index (χ0) is 20.6. The number of nitrogens with zero attached hydrogens (tertiary/aromatic N) is 3. The molecule has 2 aromatic carbocycles. The van der Waals surface area contributed by atoms with Crippen molar-refractivity contribution in [2.75, 3.05) is 26.1 Å². The van der Waals surface area contributed by atoms with Crippen molar-refractivity contribution in [3.05, 3.63) is 84.1 Å². The molecule has 0 spiro atoms. The summed E-state index contributed by atoms with van der Waals surface area (Å²) in [6.45, 7) is 0.800. The fourth-order valence-corrected chi connectivity index (χ4v) is 2.86. The van der Waals surface area contributed by atoms with Gasteiger partial charge < -0.3 is 14.4 Å². The number of carbonyl (C=O) groups is 1. The van der Waals surface area contributed by atoms with Crippen LogP contribution in [0.5, 0.6) is 11.6 Å². The van der Waals surface area contributed by atoms with Crippen LogP contribution >= 0.6 is 0 Å². The average Bonchev–Trinajstić information content (AvgIpc) is 2.74. The van der Waals surface area contributed by atoms with Crippen LogP contribution in [-0.4, -0.2) is 37.2 Å². The van der Waals surface area contributed by atoms with Crippen LogP contribution in [0.25, 0.3) is 0 Å². The maximum atomic E-state index is 12.9. The number of benzene rings is 2. The monoisotopic (exact) mass is 391 g/mol. The third-order valence-corrected chi connectivity index (χ3v) is 4.42. The molecule has 29 heavy (non-hydrogen) atoms. The normalized spacial score (nSPS) is 10.3. The summed E-state index contributed by atoms with van der Waals surface area (Å²) < 4.78 is 10.8. The summed E-state index contributed by atoms with van der Waals surface area (Å²) in [7, 11) is 5.61. The molecule has 0 atom stereocenters. The molecule has 1 amide bonds. The summed E-state index contributed by atoms with van der Waals surface area (Å²) in [5.74, 6) is 1.02. The Balaban J connectivity index is 1.80. The summed E-state index contributed by atoms with van der Waals surface area (Å²) in [6, 6.07) is 21.0. The number of amides is 1. The SMILES string of the molecule is COc1cccc(CN(Cc2ccc(N(C)C)cc2)C(=O)Oc2ccccn2)c1. The smallest absolute Gasteiger partial charge is 0.417 e. The van der Waals surface area contributed by atoms with Crippen LogP contribution in [0.1, 0.15) is 11.1 Å². The topological polar surface area (TPSA) is 54.9 Å². The molecule has 6 nitrogen and oxygen atoms in total. The maximum Gasteiger partial charge on any atom is 0.417 e. The number of ether oxygens (including phenoxy) is 2. The highest BCUT2D eigenvalue weighted by Crippen LogP contribution is 2.19. The van der Waals surface area contributed by atoms with Crippen LogP contribution in [0.3, 0.4) is 0 Å². The molecule has 0 fully saturated rings. The second-order valence-electron chi connectivity index (χ2n) is 6.80. The zero-order valence-corrected chi connectivity index (χ0v) is 16.9. The van der Waals surface area contributed by atoms with Crippen molar-refractivity contribution in [1.82, 2.24) is 9.88 Å². The highest BCUT2D eigenvalue weighted by molar-refractivity contribution is 5.70. The van der Waals surface area contributed by atoms with Gasteiger partial charge in [-0.15, -0.1) is 0 Å². The van der Waals surface area contributed by atoms with Crippen molar-refractivity contribution in [3.63, 3.8) is 0 Å². The molecular weight excluding hydrogens is 366 g/mol. The van der Waals surface area contributed by atoms with E-state index in [1.54, 1.807) is 36.4 Å². The van der Waals surface area contributed by atoms with Gasteiger partial charge in [-0.25, -0.2) is 9.78 Å². The van der Waals surface area contributed by atoms with E-state index in [0.29, 0.717) is 13.1 Å². The van der Waals surface area contributed by atoms with E-state index in [-0.39, 0.29) is 5.88 Å². The lowest BCUT2D eigenvalue weighted by Crippen LogP contribution is -2.32. The summed E-state index contributed by atoms with van der Waals surface area (Å²) >= 11 is 0. The second-order valence-corrected chi connectivity index (χ2v) is 6.80. The predicted octanol–water partition coefficient (Wildman–Crippen LogP) is 4.36. The third-order valence-electron chi connectivity index (χ3n) is 4.42. The molecule has 0 N–H and O–H groups in total. The van der Waals surface area contributed by atoms with Gasteiger partial charge in [0.1, 0.15) is 5.75 Å². The number of aromatic nitrogens is 1. The Hall–Kier alpha value is -3.54. The molecule has 3 aromatic rings. The molecule has 1 heterocycles. The lowest BCUT2D eigenvalue weighted by Gasteiger charge is -2.23.